The zero-order valence-corrected chi connectivity index (χ0v) is 12.2. The lowest BCUT2D eigenvalue weighted by molar-refractivity contribution is -0.138. The molecule has 4 nitrogen and oxygen atoms in total. The van der Waals surface area contributed by atoms with Gasteiger partial charge in [0.2, 0.25) is 11.8 Å². The van der Waals surface area contributed by atoms with Gasteiger partial charge in [-0.15, -0.1) is 0 Å². The number of nitrogens with zero attached hydrogens (tertiary/aromatic N) is 1. The molecule has 0 aromatic heterocycles. The SMILES string of the molecule is CCCN1C(=O)CC(NCC2(C)CCCCC2)C1=O. The van der Waals surface area contributed by atoms with Crippen LogP contribution in [0.2, 0.25) is 0 Å². The Hall–Kier alpha value is -0.900. The molecule has 1 unspecified atom stereocenters. The largest absolute Gasteiger partial charge is 0.305 e. The van der Waals surface area contributed by atoms with Gasteiger partial charge in [-0.2, -0.15) is 0 Å². The molecule has 0 bridgehead atoms. The van der Waals surface area contributed by atoms with Crippen LogP contribution < -0.4 is 5.32 Å². The summed E-state index contributed by atoms with van der Waals surface area (Å²) in [7, 11) is 0. The van der Waals surface area contributed by atoms with E-state index in [2.05, 4.69) is 12.2 Å². The average molecular weight is 266 g/mol. The van der Waals surface area contributed by atoms with Crippen LogP contribution in [-0.2, 0) is 9.59 Å². The number of hydrogen-bond donors (Lipinski definition) is 1. The Kier molecular flexibility index (Phi) is 4.61. The van der Waals surface area contributed by atoms with Gasteiger partial charge >= 0.3 is 0 Å². The highest BCUT2D eigenvalue weighted by molar-refractivity contribution is 6.05. The summed E-state index contributed by atoms with van der Waals surface area (Å²) in [5.41, 5.74) is 0.305. The molecule has 108 valence electrons. The van der Waals surface area contributed by atoms with Crippen molar-refractivity contribution in [3.8, 4) is 0 Å². The summed E-state index contributed by atoms with van der Waals surface area (Å²) in [5, 5.41) is 3.35. The van der Waals surface area contributed by atoms with Gasteiger partial charge in [-0.25, -0.2) is 0 Å². The van der Waals surface area contributed by atoms with E-state index in [-0.39, 0.29) is 17.9 Å². The summed E-state index contributed by atoms with van der Waals surface area (Å²) < 4.78 is 0. The summed E-state index contributed by atoms with van der Waals surface area (Å²) in [4.78, 5) is 25.3. The number of amides is 2. The number of rotatable bonds is 5. The Balaban J connectivity index is 1.86. The Morgan fingerprint density at radius 3 is 2.58 bits per heavy atom. The number of likely N-dealkylation sites (tertiary alicyclic amines) is 1. The first-order valence-electron chi connectivity index (χ1n) is 7.63. The highest BCUT2D eigenvalue weighted by atomic mass is 16.2. The molecule has 0 aromatic carbocycles. The van der Waals surface area contributed by atoms with E-state index in [1.165, 1.54) is 37.0 Å². The summed E-state index contributed by atoms with van der Waals surface area (Å²) in [6.07, 6.45) is 7.55. The highest BCUT2D eigenvalue weighted by Crippen LogP contribution is 2.35. The van der Waals surface area contributed by atoms with Crippen molar-refractivity contribution in [2.75, 3.05) is 13.1 Å². The second kappa shape index (κ2) is 6.04. The lowest BCUT2D eigenvalue weighted by Crippen LogP contribution is -2.43. The Morgan fingerprint density at radius 2 is 1.95 bits per heavy atom. The summed E-state index contributed by atoms with van der Waals surface area (Å²) in [6.45, 7) is 5.71. The van der Waals surface area contributed by atoms with Crippen LogP contribution in [0.3, 0.4) is 0 Å². The zero-order chi connectivity index (χ0) is 13.9. The van der Waals surface area contributed by atoms with E-state index in [4.69, 9.17) is 0 Å². The van der Waals surface area contributed by atoms with Crippen LogP contribution in [0.1, 0.15) is 58.8 Å². The lowest BCUT2D eigenvalue weighted by Gasteiger charge is -2.34. The van der Waals surface area contributed by atoms with Gasteiger partial charge in [-0.1, -0.05) is 33.1 Å². The number of nitrogens with one attached hydrogen (secondary N) is 1. The maximum Gasteiger partial charge on any atom is 0.246 e. The van der Waals surface area contributed by atoms with Crippen molar-refractivity contribution in [2.45, 2.75) is 64.8 Å². The van der Waals surface area contributed by atoms with Crippen molar-refractivity contribution in [2.24, 2.45) is 5.41 Å². The second-order valence-corrected chi connectivity index (χ2v) is 6.39. The summed E-state index contributed by atoms with van der Waals surface area (Å²) in [6, 6.07) is -0.280. The van der Waals surface area contributed by atoms with Crippen LogP contribution in [0, 0.1) is 5.41 Å². The highest BCUT2D eigenvalue weighted by Gasteiger charge is 2.38. The molecule has 1 atom stereocenters. The van der Waals surface area contributed by atoms with Gasteiger partial charge in [0.25, 0.3) is 0 Å². The van der Waals surface area contributed by atoms with Gasteiger partial charge in [-0.3, -0.25) is 14.5 Å². The minimum absolute atomic E-state index is 0.0156. The van der Waals surface area contributed by atoms with Crippen LogP contribution in [0.5, 0.6) is 0 Å². The average Bonchev–Trinajstić information content (AvgIpc) is 2.66. The first-order chi connectivity index (χ1) is 9.06. The van der Waals surface area contributed by atoms with E-state index in [1.54, 1.807) is 0 Å². The third-order valence-electron chi connectivity index (χ3n) is 4.53. The molecule has 1 aliphatic carbocycles. The molecule has 0 radical (unpaired) electrons. The molecule has 1 N–H and O–H groups in total. The minimum Gasteiger partial charge on any atom is -0.305 e. The number of hydrogen-bond acceptors (Lipinski definition) is 3. The fourth-order valence-corrected chi connectivity index (χ4v) is 3.25. The van der Waals surface area contributed by atoms with Crippen molar-refractivity contribution < 1.29 is 9.59 Å². The van der Waals surface area contributed by atoms with Crippen LogP contribution in [-0.4, -0.2) is 35.8 Å². The van der Waals surface area contributed by atoms with Crippen molar-refractivity contribution >= 4 is 11.8 Å². The van der Waals surface area contributed by atoms with E-state index in [0.29, 0.717) is 18.4 Å². The standard InChI is InChI=1S/C15H26N2O2/c1-3-9-17-13(18)10-12(14(17)19)16-11-15(2)7-5-4-6-8-15/h12,16H,3-11H2,1-2H3. The Bertz CT molecular complexity index is 348. The van der Waals surface area contributed by atoms with Crippen LogP contribution >= 0.6 is 0 Å². The summed E-state index contributed by atoms with van der Waals surface area (Å²) >= 11 is 0. The normalized spacial score (nSPS) is 27.1. The van der Waals surface area contributed by atoms with Crippen LogP contribution in [0.15, 0.2) is 0 Å². The van der Waals surface area contributed by atoms with Crippen molar-refractivity contribution in [3.63, 3.8) is 0 Å². The van der Waals surface area contributed by atoms with Gasteiger partial charge in [0, 0.05) is 13.1 Å². The minimum atomic E-state index is -0.280. The number of carbonyl (C=O) groups is 2. The van der Waals surface area contributed by atoms with Gasteiger partial charge in [0.05, 0.1) is 12.5 Å². The quantitative estimate of drug-likeness (QED) is 0.775. The van der Waals surface area contributed by atoms with Crippen molar-refractivity contribution in [3.05, 3.63) is 0 Å². The molecule has 2 fully saturated rings. The molecule has 2 amide bonds. The predicted molar refractivity (Wildman–Crippen MR) is 74.6 cm³/mol. The molecule has 1 aliphatic heterocycles. The number of carbonyl (C=O) groups excluding carboxylic acids is 2. The van der Waals surface area contributed by atoms with E-state index in [1.807, 2.05) is 6.92 Å². The van der Waals surface area contributed by atoms with E-state index >= 15 is 0 Å². The van der Waals surface area contributed by atoms with Crippen molar-refractivity contribution in [1.82, 2.24) is 10.2 Å². The summed E-state index contributed by atoms with van der Waals surface area (Å²) in [5.74, 6) is -0.0376. The molecule has 1 saturated carbocycles. The smallest absolute Gasteiger partial charge is 0.246 e. The molecule has 0 spiro atoms. The first-order valence-corrected chi connectivity index (χ1v) is 7.63. The maximum absolute atomic E-state index is 12.1. The van der Waals surface area contributed by atoms with Crippen LogP contribution in [0.25, 0.3) is 0 Å². The molecule has 2 rings (SSSR count). The van der Waals surface area contributed by atoms with Crippen molar-refractivity contribution in [1.29, 1.82) is 0 Å². The lowest BCUT2D eigenvalue weighted by atomic mass is 9.75. The fourth-order valence-electron chi connectivity index (χ4n) is 3.25. The zero-order valence-electron chi connectivity index (χ0n) is 12.2. The molecule has 19 heavy (non-hydrogen) atoms. The second-order valence-electron chi connectivity index (χ2n) is 6.39. The van der Waals surface area contributed by atoms with Gasteiger partial charge in [0.15, 0.2) is 0 Å². The predicted octanol–water partition coefficient (Wildman–Crippen LogP) is 2.08. The molecule has 1 heterocycles. The maximum atomic E-state index is 12.1. The molecule has 0 aromatic rings. The van der Waals surface area contributed by atoms with Crippen LogP contribution in [0.4, 0.5) is 0 Å². The van der Waals surface area contributed by atoms with Gasteiger partial charge < -0.3 is 5.32 Å². The molecular weight excluding hydrogens is 240 g/mol. The number of imide groups is 1. The molecular formula is C15H26N2O2. The molecule has 2 aliphatic rings. The topological polar surface area (TPSA) is 49.4 Å². The van der Waals surface area contributed by atoms with Gasteiger partial charge in [-0.05, 0) is 24.7 Å². The third-order valence-corrected chi connectivity index (χ3v) is 4.53. The van der Waals surface area contributed by atoms with E-state index in [9.17, 15) is 9.59 Å². The fraction of sp³-hybridized carbons (Fsp3) is 0.867. The first kappa shape index (κ1) is 14.5. The molecule has 4 heteroatoms. The van der Waals surface area contributed by atoms with E-state index < -0.39 is 0 Å². The molecule has 1 saturated heterocycles. The van der Waals surface area contributed by atoms with Gasteiger partial charge in [0.1, 0.15) is 0 Å². The Morgan fingerprint density at radius 1 is 1.26 bits per heavy atom. The Labute approximate surface area is 115 Å². The van der Waals surface area contributed by atoms with E-state index in [0.717, 1.165) is 13.0 Å². The third kappa shape index (κ3) is 3.35. The monoisotopic (exact) mass is 266 g/mol.